The summed E-state index contributed by atoms with van der Waals surface area (Å²) in [4.78, 5) is 17.3. The van der Waals surface area contributed by atoms with Crippen LogP contribution < -0.4 is 10.1 Å². The molecule has 0 bridgehead atoms. The number of methoxy groups -OCH3 is 1. The van der Waals surface area contributed by atoms with Crippen LogP contribution in [0.3, 0.4) is 0 Å². The quantitative estimate of drug-likeness (QED) is 0.606. The first-order valence-corrected chi connectivity index (χ1v) is 11.7. The van der Waals surface area contributed by atoms with Gasteiger partial charge in [-0.25, -0.2) is 8.42 Å². The first-order chi connectivity index (χ1) is 15.4. The van der Waals surface area contributed by atoms with Crippen LogP contribution in [0.1, 0.15) is 18.7 Å². The second kappa shape index (κ2) is 9.09. The van der Waals surface area contributed by atoms with Crippen molar-refractivity contribution in [3.63, 3.8) is 0 Å². The molecule has 0 radical (unpaired) electrons. The van der Waals surface area contributed by atoms with Crippen molar-refractivity contribution in [3.05, 3.63) is 54.4 Å². The summed E-state index contributed by atoms with van der Waals surface area (Å²) in [5.41, 5.74) is 1.25. The molecule has 9 nitrogen and oxygen atoms in total. The number of aryl methyl sites for hydroxylation is 1. The van der Waals surface area contributed by atoms with Gasteiger partial charge in [0, 0.05) is 31.5 Å². The highest BCUT2D eigenvalue weighted by Gasteiger charge is 2.32. The van der Waals surface area contributed by atoms with Crippen LogP contribution in [0.4, 0.5) is 5.69 Å². The molecule has 3 aromatic rings. The van der Waals surface area contributed by atoms with Gasteiger partial charge in [0.25, 0.3) is 0 Å². The fourth-order valence-electron chi connectivity index (χ4n) is 3.69. The van der Waals surface area contributed by atoms with Crippen LogP contribution in [0, 0.1) is 12.8 Å². The van der Waals surface area contributed by atoms with Gasteiger partial charge in [-0.3, -0.25) is 4.79 Å². The molecule has 32 heavy (non-hydrogen) atoms. The highest BCUT2D eigenvalue weighted by Crippen LogP contribution is 2.29. The zero-order chi connectivity index (χ0) is 22.7. The maximum absolute atomic E-state index is 12.9. The van der Waals surface area contributed by atoms with Crippen LogP contribution in [-0.4, -0.2) is 49.0 Å². The molecule has 10 heteroatoms. The molecular formula is C22H24N4O5S. The summed E-state index contributed by atoms with van der Waals surface area (Å²) in [5, 5.41) is 6.87. The lowest BCUT2D eigenvalue weighted by atomic mass is 9.97. The first-order valence-electron chi connectivity index (χ1n) is 10.2. The number of nitrogens with zero attached hydrogens (tertiary/aromatic N) is 3. The Morgan fingerprint density at radius 1 is 1.12 bits per heavy atom. The number of ether oxygens (including phenoxy) is 1. The minimum atomic E-state index is -3.62. The van der Waals surface area contributed by atoms with Gasteiger partial charge in [-0.15, -0.1) is 0 Å². The number of nitrogens with one attached hydrogen (secondary N) is 1. The van der Waals surface area contributed by atoms with Gasteiger partial charge in [-0.05, 0) is 49.2 Å². The molecule has 1 aromatic heterocycles. The molecule has 0 atom stereocenters. The summed E-state index contributed by atoms with van der Waals surface area (Å²) in [7, 11) is -2.09. The number of hydrogen-bond acceptors (Lipinski definition) is 7. The van der Waals surface area contributed by atoms with E-state index < -0.39 is 10.0 Å². The number of amides is 1. The smallest absolute Gasteiger partial charge is 0.243 e. The lowest BCUT2D eigenvalue weighted by Gasteiger charge is -2.30. The van der Waals surface area contributed by atoms with E-state index in [2.05, 4.69) is 15.5 Å². The van der Waals surface area contributed by atoms with Crippen LogP contribution in [0.2, 0.25) is 0 Å². The Hall–Kier alpha value is -3.24. The Morgan fingerprint density at radius 3 is 2.44 bits per heavy atom. The van der Waals surface area contributed by atoms with Gasteiger partial charge in [-0.1, -0.05) is 17.3 Å². The predicted molar refractivity (Wildman–Crippen MR) is 118 cm³/mol. The second-order valence-electron chi connectivity index (χ2n) is 7.53. The van der Waals surface area contributed by atoms with Gasteiger partial charge in [0.15, 0.2) is 0 Å². The van der Waals surface area contributed by atoms with Crippen LogP contribution in [0.25, 0.3) is 11.4 Å². The molecule has 1 amide bonds. The summed E-state index contributed by atoms with van der Waals surface area (Å²) in [6, 6.07) is 13.5. The van der Waals surface area contributed by atoms with Crippen molar-refractivity contribution in [3.8, 4) is 17.1 Å². The molecule has 2 heterocycles. The minimum absolute atomic E-state index is 0.154. The molecular weight excluding hydrogens is 432 g/mol. The SMILES string of the molecule is COc1ccc(S(=O)(=O)N2CCC(C(=O)Nc3ccccc3-c3noc(C)n3)CC2)cc1. The van der Waals surface area contributed by atoms with Crippen molar-refractivity contribution in [1.82, 2.24) is 14.4 Å². The maximum Gasteiger partial charge on any atom is 0.243 e. The molecule has 0 unspecified atom stereocenters. The van der Waals surface area contributed by atoms with Gasteiger partial charge in [0.05, 0.1) is 17.7 Å². The number of rotatable bonds is 6. The monoisotopic (exact) mass is 456 g/mol. The Labute approximate surface area is 186 Å². The first kappa shape index (κ1) is 22.0. The van der Waals surface area contributed by atoms with Crippen molar-refractivity contribution in [2.45, 2.75) is 24.7 Å². The topological polar surface area (TPSA) is 115 Å². The van der Waals surface area contributed by atoms with E-state index in [-0.39, 0.29) is 29.8 Å². The molecule has 1 aliphatic heterocycles. The number of para-hydroxylation sites is 1. The summed E-state index contributed by atoms with van der Waals surface area (Å²) in [6.07, 6.45) is 0.870. The number of carbonyl (C=O) groups excluding carboxylic acids is 1. The maximum atomic E-state index is 12.9. The van der Waals surface area contributed by atoms with E-state index >= 15 is 0 Å². The van der Waals surface area contributed by atoms with E-state index in [1.54, 1.807) is 25.1 Å². The van der Waals surface area contributed by atoms with Gasteiger partial charge in [0.1, 0.15) is 5.75 Å². The van der Waals surface area contributed by atoms with E-state index in [0.717, 1.165) is 0 Å². The third-order valence-corrected chi connectivity index (χ3v) is 7.39. The van der Waals surface area contributed by atoms with Crippen molar-refractivity contribution in [2.75, 3.05) is 25.5 Å². The van der Waals surface area contributed by atoms with Gasteiger partial charge in [0.2, 0.25) is 27.6 Å². The fraction of sp³-hybridized carbons (Fsp3) is 0.318. The molecule has 0 aliphatic carbocycles. The zero-order valence-corrected chi connectivity index (χ0v) is 18.6. The number of benzene rings is 2. The largest absolute Gasteiger partial charge is 0.497 e. The lowest BCUT2D eigenvalue weighted by molar-refractivity contribution is -0.120. The molecule has 0 spiro atoms. The Kier molecular flexibility index (Phi) is 6.24. The predicted octanol–water partition coefficient (Wildman–Crippen LogP) is 3.09. The normalized spacial score (nSPS) is 15.4. The van der Waals surface area contributed by atoms with E-state index in [1.165, 1.54) is 23.5 Å². The number of aromatic nitrogens is 2. The summed E-state index contributed by atoms with van der Waals surface area (Å²) in [5.74, 6) is 0.984. The lowest BCUT2D eigenvalue weighted by Crippen LogP contribution is -2.41. The van der Waals surface area contributed by atoms with Crippen LogP contribution in [0.15, 0.2) is 57.9 Å². The number of piperidine rings is 1. The van der Waals surface area contributed by atoms with Crippen LogP contribution in [0.5, 0.6) is 5.75 Å². The summed E-state index contributed by atoms with van der Waals surface area (Å²) >= 11 is 0. The van der Waals surface area contributed by atoms with Gasteiger partial charge >= 0.3 is 0 Å². The van der Waals surface area contributed by atoms with Gasteiger partial charge in [-0.2, -0.15) is 9.29 Å². The molecule has 1 aliphatic rings. The standard InChI is InChI=1S/C22H24N4O5S/c1-15-23-21(25-31-15)19-5-3-4-6-20(19)24-22(27)16-11-13-26(14-12-16)32(28,29)18-9-7-17(30-2)8-10-18/h3-10,16H,11-14H2,1-2H3,(H,24,27). The molecule has 1 fully saturated rings. The number of carbonyl (C=O) groups is 1. The Morgan fingerprint density at radius 2 is 1.81 bits per heavy atom. The fourth-order valence-corrected chi connectivity index (χ4v) is 5.16. The van der Waals surface area contributed by atoms with Crippen molar-refractivity contribution >= 4 is 21.6 Å². The second-order valence-corrected chi connectivity index (χ2v) is 9.46. The van der Waals surface area contributed by atoms with Crippen molar-refractivity contribution in [2.24, 2.45) is 5.92 Å². The van der Waals surface area contributed by atoms with Crippen molar-refractivity contribution in [1.29, 1.82) is 0 Å². The highest BCUT2D eigenvalue weighted by atomic mass is 32.2. The molecule has 2 aromatic carbocycles. The van der Waals surface area contributed by atoms with E-state index in [4.69, 9.17) is 9.26 Å². The average Bonchev–Trinajstić information content (AvgIpc) is 3.25. The minimum Gasteiger partial charge on any atom is -0.497 e. The zero-order valence-electron chi connectivity index (χ0n) is 17.8. The number of anilines is 1. The molecule has 1 N–H and O–H groups in total. The molecule has 0 saturated carbocycles. The number of hydrogen-bond donors (Lipinski definition) is 1. The Balaban J connectivity index is 1.41. The third kappa shape index (κ3) is 4.51. The Bertz CT molecular complexity index is 1200. The molecule has 4 rings (SSSR count). The molecule has 1 saturated heterocycles. The van der Waals surface area contributed by atoms with E-state index in [1.807, 2.05) is 18.2 Å². The van der Waals surface area contributed by atoms with E-state index in [0.29, 0.717) is 41.6 Å². The van der Waals surface area contributed by atoms with E-state index in [9.17, 15) is 13.2 Å². The average molecular weight is 457 g/mol. The molecule has 168 valence electrons. The van der Waals surface area contributed by atoms with Crippen LogP contribution in [-0.2, 0) is 14.8 Å². The van der Waals surface area contributed by atoms with Crippen molar-refractivity contribution < 1.29 is 22.5 Å². The number of sulfonamides is 1. The van der Waals surface area contributed by atoms with Crippen LogP contribution >= 0.6 is 0 Å². The van der Waals surface area contributed by atoms with Gasteiger partial charge < -0.3 is 14.6 Å². The highest BCUT2D eigenvalue weighted by molar-refractivity contribution is 7.89. The third-order valence-electron chi connectivity index (χ3n) is 5.48. The summed E-state index contributed by atoms with van der Waals surface area (Å²) < 4.78 is 37.4. The summed E-state index contributed by atoms with van der Waals surface area (Å²) in [6.45, 7) is 2.25.